The molecule has 0 aliphatic rings. The van der Waals surface area contributed by atoms with Crippen LogP contribution in [0.5, 0.6) is 0 Å². The molecule has 0 aromatic heterocycles. The molecule has 1 aromatic rings. The zero-order valence-electron chi connectivity index (χ0n) is 9.66. The van der Waals surface area contributed by atoms with Gasteiger partial charge in [0.2, 0.25) is 0 Å². The van der Waals surface area contributed by atoms with Crippen LogP contribution in [0.2, 0.25) is 0 Å². The second-order valence-electron chi connectivity index (χ2n) is 3.67. The summed E-state index contributed by atoms with van der Waals surface area (Å²) in [5, 5.41) is 12.5. The molecule has 0 aliphatic heterocycles. The van der Waals surface area contributed by atoms with Gasteiger partial charge >= 0.3 is 0 Å². The molecule has 2 N–H and O–H groups in total. The van der Waals surface area contributed by atoms with Gasteiger partial charge in [0.1, 0.15) is 0 Å². The van der Waals surface area contributed by atoms with Crippen molar-refractivity contribution in [2.75, 3.05) is 13.2 Å². The van der Waals surface area contributed by atoms with E-state index in [1.54, 1.807) is 0 Å². The van der Waals surface area contributed by atoms with Gasteiger partial charge in [-0.1, -0.05) is 38.1 Å². The summed E-state index contributed by atoms with van der Waals surface area (Å²) in [5.74, 6) is 0. The predicted octanol–water partition coefficient (Wildman–Crippen LogP) is 2.28. The van der Waals surface area contributed by atoms with Crippen molar-refractivity contribution in [2.24, 2.45) is 0 Å². The minimum atomic E-state index is 0.232. The van der Waals surface area contributed by atoms with Gasteiger partial charge in [0.25, 0.3) is 0 Å². The summed E-state index contributed by atoms with van der Waals surface area (Å²) in [7, 11) is 0. The smallest absolute Gasteiger partial charge is 0.0449 e. The van der Waals surface area contributed by atoms with E-state index < -0.39 is 0 Å². The average molecular weight is 207 g/mol. The first kappa shape index (κ1) is 12.2. The summed E-state index contributed by atoms with van der Waals surface area (Å²) in [6.07, 6.45) is 1.83. The van der Waals surface area contributed by atoms with Gasteiger partial charge in [0.15, 0.2) is 0 Å². The van der Waals surface area contributed by atoms with Crippen molar-refractivity contribution in [2.45, 2.75) is 32.7 Å². The van der Waals surface area contributed by atoms with Gasteiger partial charge in [0.05, 0.1) is 0 Å². The molecule has 0 bridgehead atoms. The van der Waals surface area contributed by atoms with Crippen molar-refractivity contribution >= 4 is 0 Å². The van der Waals surface area contributed by atoms with Crippen molar-refractivity contribution in [3.05, 3.63) is 35.4 Å². The molecular formula is C13H21NO. The number of hydrogen-bond acceptors (Lipinski definition) is 2. The molecule has 0 heterocycles. The molecule has 0 spiro atoms. The normalized spacial score (nSPS) is 12.7. The van der Waals surface area contributed by atoms with Gasteiger partial charge in [-0.25, -0.2) is 0 Å². The highest BCUT2D eigenvalue weighted by molar-refractivity contribution is 5.30. The zero-order chi connectivity index (χ0) is 11.1. The lowest BCUT2D eigenvalue weighted by atomic mass is 9.96. The molecule has 0 radical (unpaired) electrons. The van der Waals surface area contributed by atoms with Crippen molar-refractivity contribution in [3.8, 4) is 0 Å². The molecule has 15 heavy (non-hydrogen) atoms. The monoisotopic (exact) mass is 207 g/mol. The first-order valence-corrected chi connectivity index (χ1v) is 5.75. The number of aryl methyl sites for hydroxylation is 1. The molecule has 0 aliphatic carbocycles. The molecule has 1 aromatic carbocycles. The minimum Gasteiger partial charge on any atom is -0.396 e. The molecule has 0 saturated heterocycles. The predicted molar refractivity (Wildman–Crippen MR) is 63.9 cm³/mol. The summed E-state index contributed by atoms with van der Waals surface area (Å²) >= 11 is 0. The Hall–Kier alpha value is -0.860. The number of aliphatic hydroxyl groups is 1. The van der Waals surface area contributed by atoms with Crippen LogP contribution in [-0.2, 0) is 6.42 Å². The van der Waals surface area contributed by atoms with Gasteiger partial charge in [0, 0.05) is 12.6 Å². The van der Waals surface area contributed by atoms with Gasteiger partial charge < -0.3 is 10.4 Å². The molecule has 0 fully saturated rings. The Labute approximate surface area is 92.3 Å². The Morgan fingerprint density at radius 2 is 2.00 bits per heavy atom. The largest absolute Gasteiger partial charge is 0.396 e. The number of hydrogen-bond donors (Lipinski definition) is 2. The number of benzene rings is 1. The van der Waals surface area contributed by atoms with E-state index in [2.05, 4.69) is 43.4 Å². The Morgan fingerprint density at radius 3 is 2.60 bits per heavy atom. The second-order valence-corrected chi connectivity index (χ2v) is 3.67. The van der Waals surface area contributed by atoms with Crippen molar-refractivity contribution in [1.82, 2.24) is 5.32 Å². The van der Waals surface area contributed by atoms with E-state index in [1.165, 1.54) is 11.1 Å². The Kier molecular flexibility index (Phi) is 5.37. The molecular weight excluding hydrogens is 186 g/mol. The van der Waals surface area contributed by atoms with E-state index in [0.717, 1.165) is 19.4 Å². The third-order valence-electron chi connectivity index (χ3n) is 2.68. The van der Waals surface area contributed by atoms with Crippen molar-refractivity contribution in [3.63, 3.8) is 0 Å². The topological polar surface area (TPSA) is 32.3 Å². The summed E-state index contributed by atoms with van der Waals surface area (Å²) < 4.78 is 0. The van der Waals surface area contributed by atoms with Crippen LogP contribution in [0.3, 0.4) is 0 Å². The lowest BCUT2D eigenvalue weighted by Gasteiger charge is -2.20. The van der Waals surface area contributed by atoms with E-state index in [-0.39, 0.29) is 12.6 Å². The van der Waals surface area contributed by atoms with Crippen LogP contribution < -0.4 is 5.32 Å². The zero-order valence-corrected chi connectivity index (χ0v) is 9.66. The summed E-state index contributed by atoms with van der Waals surface area (Å²) in [4.78, 5) is 0. The van der Waals surface area contributed by atoms with Crippen LogP contribution in [0.15, 0.2) is 24.3 Å². The number of rotatable bonds is 6. The van der Waals surface area contributed by atoms with Crippen LogP contribution >= 0.6 is 0 Å². The molecule has 1 unspecified atom stereocenters. The first-order chi connectivity index (χ1) is 7.33. The van der Waals surface area contributed by atoms with Crippen molar-refractivity contribution < 1.29 is 5.11 Å². The fourth-order valence-corrected chi connectivity index (χ4v) is 1.94. The van der Waals surface area contributed by atoms with Gasteiger partial charge in [-0.15, -0.1) is 0 Å². The van der Waals surface area contributed by atoms with E-state index in [1.807, 2.05) is 0 Å². The maximum absolute atomic E-state index is 9.05. The molecule has 84 valence electrons. The summed E-state index contributed by atoms with van der Waals surface area (Å²) in [6.45, 7) is 5.43. The van der Waals surface area contributed by atoms with E-state index >= 15 is 0 Å². The third kappa shape index (κ3) is 3.33. The van der Waals surface area contributed by atoms with Gasteiger partial charge in [-0.3, -0.25) is 0 Å². The highest BCUT2D eigenvalue weighted by Gasteiger charge is 2.12. The molecule has 2 nitrogen and oxygen atoms in total. The SMILES string of the molecule is CCNC(CCO)c1ccccc1CC. The highest BCUT2D eigenvalue weighted by Crippen LogP contribution is 2.21. The third-order valence-corrected chi connectivity index (χ3v) is 2.68. The first-order valence-electron chi connectivity index (χ1n) is 5.75. The maximum atomic E-state index is 9.05. The number of aliphatic hydroxyl groups excluding tert-OH is 1. The summed E-state index contributed by atoms with van der Waals surface area (Å²) in [6, 6.07) is 8.75. The number of nitrogens with one attached hydrogen (secondary N) is 1. The second kappa shape index (κ2) is 6.59. The van der Waals surface area contributed by atoms with Crippen LogP contribution in [0, 0.1) is 0 Å². The van der Waals surface area contributed by atoms with Crippen LogP contribution in [0.4, 0.5) is 0 Å². The molecule has 2 heteroatoms. The van der Waals surface area contributed by atoms with Gasteiger partial charge in [-0.2, -0.15) is 0 Å². The Balaban J connectivity index is 2.88. The minimum absolute atomic E-state index is 0.232. The summed E-state index contributed by atoms with van der Waals surface area (Å²) in [5.41, 5.74) is 2.70. The lowest BCUT2D eigenvalue weighted by Crippen LogP contribution is -2.23. The van der Waals surface area contributed by atoms with Crippen LogP contribution in [0.1, 0.15) is 37.4 Å². The van der Waals surface area contributed by atoms with Gasteiger partial charge in [-0.05, 0) is 30.5 Å². The maximum Gasteiger partial charge on any atom is 0.0449 e. The fraction of sp³-hybridized carbons (Fsp3) is 0.538. The van der Waals surface area contributed by atoms with Crippen LogP contribution in [0.25, 0.3) is 0 Å². The molecule has 1 rings (SSSR count). The highest BCUT2D eigenvalue weighted by atomic mass is 16.3. The average Bonchev–Trinajstić information content (AvgIpc) is 2.29. The standard InChI is InChI=1S/C13H21NO/c1-3-11-7-5-6-8-12(11)13(9-10-15)14-4-2/h5-8,13-15H,3-4,9-10H2,1-2H3. The lowest BCUT2D eigenvalue weighted by molar-refractivity contribution is 0.266. The molecule has 1 atom stereocenters. The van der Waals surface area contributed by atoms with E-state index in [4.69, 9.17) is 5.11 Å². The van der Waals surface area contributed by atoms with E-state index in [0.29, 0.717) is 0 Å². The fourth-order valence-electron chi connectivity index (χ4n) is 1.94. The molecule has 0 amide bonds. The Bertz CT molecular complexity index is 280. The van der Waals surface area contributed by atoms with Crippen LogP contribution in [-0.4, -0.2) is 18.3 Å². The Morgan fingerprint density at radius 1 is 1.27 bits per heavy atom. The van der Waals surface area contributed by atoms with Crippen molar-refractivity contribution in [1.29, 1.82) is 0 Å². The quantitative estimate of drug-likeness (QED) is 0.750. The molecule has 0 saturated carbocycles. The van der Waals surface area contributed by atoms with E-state index in [9.17, 15) is 0 Å².